The molecule has 2 aromatic rings. The number of allylic oxidation sites excluding steroid dienone is 2. The number of fused-ring (bicyclic) bond motifs is 13. The first-order chi connectivity index (χ1) is 14.2. The molecule has 4 aliphatic rings. The van der Waals surface area contributed by atoms with Crippen LogP contribution >= 0.6 is 0 Å². The maximum absolute atomic E-state index is 9.56. The summed E-state index contributed by atoms with van der Waals surface area (Å²) in [6.07, 6.45) is 3.36. The lowest BCUT2D eigenvalue weighted by atomic mass is 9.68. The van der Waals surface area contributed by atoms with E-state index in [1.54, 1.807) is 14.2 Å². The van der Waals surface area contributed by atoms with Crippen LogP contribution in [-0.2, 0) is 0 Å². The number of nitriles is 2. The summed E-state index contributed by atoms with van der Waals surface area (Å²) >= 11 is 0. The van der Waals surface area contributed by atoms with Crippen molar-refractivity contribution in [3.05, 3.63) is 46.5 Å². The summed E-state index contributed by atoms with van der Waals surface area (Å²) in [6, 6.07) is 12.7. The molecule has 4 unspecified atom stereocenters. The summed E-state index contributed by atoms with van der Waals surface area (Å²) in [7, 11) is 3.54. The van der Waals surface area contributed by atoms with Crippen molar-refractivity contribution in [2.75, 3.05) is 14.2 Å². The second kappa shape index (κ2) is 5.77. The van der Waals surface area contributed by atoms with Gasteiger partial charge in [-0.05, 0) is 60.3 Å². The van der Waals surface area contributed by atoms with Gasteiger partial charge in [-0.2, -0.15) is 10.5 Å². The Morgan fingerprint density at radius 1 is 0.828 bits per heavy atom. The highest BCUT2D eigenvalue weighted by Crippen LogP contribution is 2.75. The summed E-state index contributed by atoms with van der Waals surface area (Å²) in [5.41, 5.74) is 4.20. The number of nitrogens with zero attached hydrogens (tertiary/aromatic N) is 2. The highest BCUT2D eigenvalue weighted by atomic mass is 16.5. The molecule has 0 radical (unpaired) electrons. The second-order valence-electron chi connectivity index (χ2n) is 8.89. The van der Waals surface area contributed by atoms with E-state index in [0.29, 0.717) is 41.1 Å². The molecule has 3 fully saturated rings. The maximum atomic E-state index is 9.56. The van der Waals surface area contributed by atoms with Gasteiger partial charge >= 0.3 is 0 Å². The van der Waals surface area contributed by atoms with E-state index < -0.39 is 0 Å². The van der Waals surface area contributed by atoms with Gasteiger partial charge in [-0.25, -0.2) is 0 Å². The molecule has 0 amide bonds. The summed E-state index contributed by atoms with van der Waals surface area (Å²) in [6.45, 7) is 0. The lowest BCUT2D eigenvalue weighted by Crippen LogP contribution is -2.28. The minimum Gasteiger partial charge on any atom is -0.496 e. The lowest BCUT2D eigenvalue weighted by molar-refractivity contribution is 0.214. The third-order valence-corrected chi connectivity index (χ3v) is 8.26. The van der Waals surface area contributed by atoms with Crippen LogP contribution in [0.15, 0.2) is 35.4 Å². The van der Waals surface area contributed by atoms with Gasteiger partial charge in [0.25, 0.3) is 0 Å². The topological polar surface area (TPSA) is 66.0 Å². The van der Waals surface area contributed by atoms with Crippen LogP contribution in [0.2, 0.25) is 0 Å². The van der Waals surface area contributed by atoms with E-state index in [1.165, 1.54) is 11.1 Å². The zero-order chi connectivity index (χ0) is 19.9. The van der Waals surface area contributed by atoms with Crippen molar-refractivity contribution >= 4 is 10.8 Å². The standard InChI is InChI=1S/C25H22N2O2/c1-28-24-13-5-3-4-6-14(13)25(29-2)23-18-9-17(22(23)24)20-15-7-8-16(21(18)20)19(15)12(10-26)11-27/h3-6,15-18,20-21H,7-9H2,1-2H3/t15?,16?,17-,18+,20?,21?. The Morgan fingerprint density at radius 2 is 1.31 bits per heavy atom. The van der Waals surface area contributed by atoms with Gasteiger partial charge < -0.3 is 9.47 Å². The molecule has 3 saturated carbocycles. The minimum atomic E-state index is 0.374. The van der Waals surface area contributed by atoms with Gasteiger partial charge in [-0.1, -0.05) is 24.3 Å². The zero-order valence-corrected chi connectivity index (χ0v) is 16.6. The largest absolute Gasteiger partial charge is 0.496 e. The van der Waals surface area contributed by atoms with Crippen molar-refractivity contribution in [3.8, 4) is 23.6 Å². The summed E-state index contributed by atoms with van der Waals surface area (Å²) in [5.74, 6) is 4.66. The maximum Gasteiger partial charge on any atom is 0.130 e. The highest BCUT2D eigenvalue weighted by Gasteiger charge is 2.65. The monoisotopic (exact) mass is 382 g/mol. The van der Waals surface area contributed by atoms with Crippen LogP contribution in [0.4, 0.5) is 0 Å². The lowest BCUT2D eigenvalue weighted by Gasteiger charge is -2.37. The van der Waals surface area contributed by atoms with Gasteiger partial charge in [0.05, 0.1) is 14.2 Å². The van der Waals surface area contributed by atoms with Crippen molar-refractivity contribution in [1.29, 1.82) is 10.5 Å². The molecule has 0 heterocycles. The summed E-state index contributed by atoms with van der Waals surface area (Å²) < 4.78 is 12.0. The van der Waals surface area contributed by atoms with Crippen molar-refractivity contribution in [1.82, 2.24) is 0 Å². The van der Waals surface area contributed by atoms with Crippen molar-refractivity contribution in [3.63, 3.8) is 0 Å². The van der Waals surface area contributed by atoms with Crippen LogP contribution in [0, 0.1) is 46.3 Å². The van der Waals surface area contributed by atoms with E-state index in [4.69, 9.17) is 9.47 Å². The van der Waals surface area contributed by atoms with E-state index in [0.717, 1.165) is 47.1 Å². The van der Waals surface area contributed by atoms with Crippen molar-refractivity contribution < 1.29 is 9.47 Å². The van der Waals surface area contributed by atoms with Crippen LogP contribution in [-0.4, -0.2) is 14.2 Å². The average molecular weight is 382 g/mol. The molecule has 6 rings (SSSR count). The third kappa shape index (κ3) is 1.83. The highest BCUT2D eigenvalue weighted by molar-refractivity contribution is 5.97. The van der Waals surface area contributed by atoms with Gasteiger partial charge in [0.2, 0.25) is 0 Å². The van der Waals surface area contributed by atoms with Crippen molar-refractivity contribution in [2.24, 2.45) is 23.7 Å². The van der Waals surface area contributed by atoms with Crippen LogP contribution < -0.4 is 9.47 Å². The van der Waals surface area contributed by atoms with E-state index in [2.05, 4.69) is 36.4 Å². The number of methoxy groups -OCH3 is 2. The van der Waals surface area contributed by atoms with Crippen LogP contribution in [0.3, 0.4) is 0 Å². The number of ether oxygens (including phenoxy) is 2. The van der Waals surface area contributed by atoms with E-state index in [-0.39, 0.29) is 0 Å². The summed E-state index contributed by atoms with van der Waals surface area (Å²) in [5, 5.41) is 21.3. The van der Waals surface area contributed by atoms with Crippen LogP contribution in [0.5, 0.6) is 11.5 Å². The Balaban J connectivity index is 1.62. The number of hydrogen-bond donors (Lipinski definition) is 0. The first-order valence-corrected chi connectivity index (χ1v) is 10.5. The Labute approximate surface area is 170 Å². The Hall–Kier alpha value is -2.98. The molecule has 29 heavy (non-hydrogen) atoms. The molecule has 0 saturated heterocycles. The van der Waals surface area contributed by atoms with Gasteiger partial charge in [0, 0.05) is 21.9 Å². The molecule has 4 nitrogen and oxygen atoms in total. The molecule has 0 aliphatic heterocycles. The van der Waals surface area contributed by atoms with Gasteiger partial charge in [-0.3, -0.25) is 0 Å². The Bertz CT molecular complexity index is 1090. The Morgan fingerprint density at radius 3 is 1.72 bits per heavy atom. The van der Waals surface area contributed by atoms with Gasteiger partial charge in [0.15, 0.2) is 0 Å². The molecule has 4 heteroatoms. The average Bonchev–Trinajstić information content (AvgIpc) is 3.51. The SMILES string of the molecule is COc1c2c(c(OC)c3ccccc13)[C@@H]1C[C@H]2C2C3CCC(C3=C(C#N)C#N)C21. The van der Waals surface area contributed by atoms with Crippen molar-refractivity contribution in [2.45, 2.75) is 31.1 Å². The van der Waals surface area contributed by atoms with E-state index in [1.807, 2.05) is 0 Å². The minimum absolute atomic E-state index is 0.374. The predicted octanol–water partition coefficient (Wildman–Crippen LogP) is 5.06. The fourth-order valence-electron chi connectivity index (χ4n) is 7.70. The molecule has 0 aromatic heterocycles. The molecule has 4 bridgehead atoms. The first kappa shape index (κ1) is 16.9. The van der Waals surface area contributed by atoms with Gasteiger partial charge in [0.1, 0.15) is 29.2 Å². The molecule has 0 spiro atoms. The molecular formula is C25H22N2O2. The van der Waals surface area contributed by atoms with E-state index in [9.17, 15) is 10.5 Å². The van der Waals surface area contributed by atoms with Crippen LogP contribution in [0.25, 0.3) is 10.8 Å². The number of benzene rings is 2. The molecule has 0 N–H and O–H groups in total. The smallest absolute Gasteiger partial charge is 0.130 e. The fraction of sp³-hybridized carbons (Fsp3) is 0.440. The molecule has 144 valence electrons. The number of hydrogen-bond acceptors (Lipinski definition) is 4. The predicted molar refractivity (Wildman–Crippen MR) is 109 cm³/mol. The zero-order valence-electron chi connectivity index (χ0n) is 16.6. The molecule has 6 atom stereocenters. The normalized spacial score (nSPS) is 32.6. The Kier molecular flexibility index (Phi) is 3.37. The van der Waals surface area contributed by atoms with Gasteiger partial charge in [-0.15, -0.1) is 0 Å². The number of rotatable bonds is 2. The van der Waals surface area contributed by atoms with E-state index >= 15 is 0 Å². The fourth-order valence-corrected chi connectivity index (χ4v) is 7.70. The third-order valence-electron chi connectivity index (χ3n) is 8.26. The molecular weight excluding hydrogens is 360 g/mol. The quantitative estimate of drug-likeness (QED) is 0.538. The second-order valence-corrected chi connectivity index (χ2v) is 8.89. The first-order valence-electron chi connectivity index (χ1n) is 10.5. The molecule has 4 aliphatic carbocycles. The summed E-state index contributed by atoms with van der Waals surface area (Å²) in [4.78, 5) is 0. The molecule has 2 aromatic carbocycles. The van der Waals surface area contributed by atoms with Crippen LogP contribution in [0.1, 0.15) is 42.2 Å².